The normalized spacial score (nSPS) is 15.1. The van der Waals surface area contributed by atoms with Gasteiger partial charge in [-0.2, -0.15) is 0 Å². The van der Waals surface area contributed by atoms with Gasteiger partial charge in [-0.05, 0) is 37.5 Å². The summed E-state index contributed by atoms with van der Waals surface area (Å²) in [6, 6.07) is 12.6. The number of hydrogen-bond donors (Lipinski definition) is 1. The first-order chi connectivity index (χ1) is 15.7. The van der Waals surface area contributed by atoms with E-state index in [1.54, 1.807) is 13.0 Å². The van der Waals surface area contributed by atoms with E-state index in [9.17, 15) is 22.8 Å². The number of nitrogens with one attached hydrogen (secondary N) is 1. The highest BCUT2D eigenvalue weighted by molar-refractivity contribution is 7.90. The zero-order valence-corrected chi connectivity index (χ0v) is 19.9. The van der Waals surface area contributed by atoms with Crippen LogP contribution in [-0.4, -0.2) is 54.5 Å². The molecule has 0 fully saturated rings. The summed E-state index contributed by atoms with van der Waals surface area (Å²) in [7, 11) is -4.13. The molecule has 1 atom stereocenters. The molecule has 3 rings (SSSR count). The topological polar surface area (TPSA) is 104 Å². The summed E-state index contributed by atoms with van der Waals surface area (Å²) in [6.45, 7) is 5.58. The first-order valence-corrected chi connectivity index (χ1v) is 12.4. The Morgan fingerprint density at radius 2 is 1.73 bits per heavy atom. The van der Waals surface area contributed by atoms with Crippen LogP contribution in [0.5, 0.6) is 0 Å². The third-order valence-electron chi connectivity index (χ3n) is 5.60. The molecule has 2 aromatic rings. The van der Waals surface area contributed by atoms with Gasteiger partial charge in [-0.1, -0.05) is 55.8 Å². The molecule has 1 N–H and O–H groups in total. The van der Waals surface area contributed by atoms with Gasteiger partial charge in [0.1, 0.15) is 17.5 Å². The van der Waals surface area contributed by atoms with Crippen molar-refractivity contribution in [1.82, 2.24) is 14.5 Å². The lowest BCUT2D eigenvalue weighted by Crippen LogP contribution is -2.52. The van der Waals surface area contributed by atoms with Crippen LogP contribution in [0.4, 0.5) is 0 Å². The number of carbonyl (C=O) groups excluding carboxylic acids is 3. The summed E-state index contributed by atoms with van der Waals surface area (Å²) >= 11 is 0. The number of sulfonamides is 1. The molecule has 1 heterocycles. The van der Waals surface area contributed by atoms with Gasteiger partial charge in [-0.15, -0.1) is 0 Å². The van der Waals surface area contributed by atoms with Crippen LogP contribution in [-0.2, 0) is 26.2 Å². The number of amides is 3. The molecule has 0 aromatic heterocycles. The van der Waals surface area contributed by atoms with E-state index in [2.05, 4.69) is 5.32 Å². The molecule has 0 radical (unpaired) electrons. The average molecular weight is 472 g/mol. The fourth-order valence-corrected chi connectivity index (χ4v) is 5.29. The van der Waals surface area contributed by atoms with Crippen molar-refractivity contribution in [3.63, 3.8) is 0 Å². The number of fused-ring (bicyclic) bond motifs is 1. The Morgan fingerprint density at radius 3 is 2.33 bits per heavy atom. The Morgan fingerprint density at radius 1 is 1.06 bits per heavy atom. The van der Waals surface area contributed by atoms with Crippen LogP contribution >= 0.6 is 0 Å². The van der Waals surface area contributed by atoms with Gasteiger partial charge in [0, 0.05) is 13.1 Å². The molecule has 1 unspecified atom stereocenters. The second-order valence-corrected chi connectivity index (χ2v) is 9.87. The van der Waals surface area contributed by atoms with Crippen LogP contribution in [0, 0.1) is 6.92 Å². The molecule has 0 spiro atoms. The lowest BCUT2D eigenvalue weighted by molar-refractivity contribution is -0.141. The van der Waals surface area contributed by atoms with E-state index >= 15 is 0 Å². The van der Waals surface area contributed by atoms with Crippen molar-refractivity contribution in [2.75, 3.05) is 13.1 Å². The highest BCUT2D eigenvalue weighted by Gasteiger charge is 2.43. The maximum atomic E-state index is 13.4. The van der Waals surface area contributed by atoms with Crippen molar-refractivity contribution >= 4 is 27.7 Å². The lowest BCUT2D eigenvalue weighted by atomic mass is 10.1. The summed E-state index contributed by atoms with van der Waals surface area (Å²) in [5.41, 5.74) is 1.90. The highest BCUT2D eigenvalue weighted by atomic mass is 32.2. The minimum atomic E-state index is -4.13. The van der Waals surface area contributed by atoms with Crippen LogP contribution in [0.25, 0.3) is 0 Å². The van der Waals surface area contributed by atoms with Crippen molar-refractivity contribution in [2.45, 2.75) is 51.1 Å². The summed E-state index contributed by atoms with van der Waals surface area (Å²) in [6.07, 6.45) is 1.08. The molecular formula is C24H29N3O5S. The molecule has 0 aliphatic carbocycles. The summed E-state index contributed by atoms with van der Waals surface area (Å²) in [5, 5.41) is 2.81. The zero-order valence-electron chi connectivity index (χ0n) is 19.1. The Bertz CT molecular complexity index is 1140. The summed E-state index contributed by atoms with van der Waals surface area (Å²) < 4.78 is 26.4. The molecule has 0 saturated carbocycles. The van der Waals surface area contributed by atoms with Crippen LogP contribution < -0.4 is 5.32 Å². The predicted octanol–water partition coefficient (Wildman–Crippen LogP) is 2.47. The van der Waals surface area contributed by atoms with Gasteiger partial charge < -0.3 is 10.2 Å². The molecule has 9 heteroatoms. The molecule has 0 bridgehead atoms. The van der Waals surface area contributed by atoms with E-state index in [0.717, 1.165) is 17.5 Å². The van der Waals surface area contributed by atoms with Crippen LogP contribution in [0.1, 0.15) is 48.2 Å². The Kier molecular flexibility index (Phi) is 7.53. The Hall–Kier alpha value is -3.20. The molecule has 33 heavy (non-hydrogen) atoms. The monoisotopic (exact) mass is 471 g/mol. The highest BCUT2D eigenvalue weighted by Crippen LogP contribution is 2.30. The number of benzene rings is 2. The third-order valence-corrected chi connectivity index (χ3v) is 7.39. The van der Waals surface area contributed by atoms with Gasteiger partial charge in [0.2, 0.25) is 11.8 Å². The molecule has 0 saturated heterocycles. The minimum Gasteiger partial charge on any atom is -0.354 e. The first-order valence-electron chi connectivity index (χ1n) is 11.0. The molecule has 2 aromatic carbocycles. The summed E-state index contributed by atoms with van der Waals surface area (Å²) in [4.78, 5) is 40.3. The summed E-state index contributed by atoms with van der Waals surface area (Å²) in [5.74, 6) is -1.66. The van der Waals surface area contributed by atoms with E-state index in [1.807, 2.05) is 38.1 Å². The molecule has 1 aliphatic rings. The van der Waals surface area contributed by atoms with Gasteiger partial charge in [-0.3, -0.25) is 14.4 Å². The SMILES string of the molecule is CCCNC(=O)C(CC)N(Cc1ccc(C)cc1)C(=O)CN1C(=O)c2ccccc2S1(=O)=O. The second-order valence-electron chi connectivity index (χ2n) is 8.04. The van der Waals surface area contributed by atoms with Crippen LogP contribution in [0.15, 0.2) is 53.4 Å². The van der Waals surface area contributed by atoms with Gasteiger partial charge in [0.15, 0.2) is 0 Å². The standard InChI is InChI=1S/C24H29N3O5S/c1-4-14-25-23(29)20(5-2)26(15-18-12-10-17(3)11-13-18)22(28)16-27-24(30)19-8-6-7-9-21(19)33(27,31)32/h6-13,20H,4-5,14-16H2,1-3H3,(H,25,29). The second kappa shape index (κ2) is 10.2. The number of aryl methyl sites for hydroxylation is 1. The lowest BCUT2D eigenvalue weighted by Gasteiger charge is -2.31. The number of rotatable bonds is 9. The zero-order chi connectivity index (χ0) is 24.2. The maximum Gasteiger partial charge on any atom is 0.269 e. The average Bonchev–Trinajstić information content (AvgIpc) is 2.99. The van der Waals surface area contributed by atoms with E-state index in [1.165, 1.54) is 23.1 Å². The van der Waals surface area contributed by atoms with Crippen LogP contribution in [0.3, 0.4) is 0 Å². The minimum absolute atomic E-state index is 0.0446. The Balaban J connectivity index is 1.91. The quantitative estimate of drug-likeness (QED) is 0.605. The van der Waals surface area contributed by atoms with E-state index in [0.29, 0.717) is 17.3 Å². The molecular weight excluding hydrogens is 442 g/mol. The van der Waals surface area contributed by atoms with Crippen molar-refractivity contribution in [3.05, 3.63) is 65.2 Å². The predicted molar refractivity (Wildman–Crippen MR) is 124 cm³/mol. The fraction of sp³-hybridized carbons (Fsp3) is 0.375. The van der Waals surface area contributed by atoms with Crippen molar-refractivity contribution in [3.8, 4) is 0 Å². The van der Waals surface area contributed by atoms with Gasteiger partial charge in [-0.25, -0.2) is 12.7 Å². The Labute approximate surface area is 194 Å². The third kappa shape index (κ3) is 5.08. The van der Waals surface area contributed by atoms with Gasteiger partial charge >= 0.3 is 0 Å². The van der Waals surface area contributed by atoms with E-state index in [-0.39, 0.29) is 22.9 Å². The van der Waals surface area contributed by atoms with Gasteiger partial charge in [0.05, 0.1) is 5.56 Å². The van der Waals surface area contributed by atoms with Crippen molar-refractivity contribution in [1.29, 1.82) is 0 Å². The molecule has 1 aliphatic heterocycles. The van der Waals surface area contributed by atoms with Crippen molar-refractivity contribution in [2.24, 2.45) is 0 Å². The molecule has 8 nitrogen and oxygen atoms in total. The van der Waals surface area contributed by atoms with Gasteiger partial charge in [0.25, 0.3) is 15.9 Å². The van der Waals surface area contributed by atoms with E-state index in [4.69, 9.17) is 0 Å². The fourth-order valence-electron chi connectivity index (χ4n) is 3.78. The molecule has 3 amide bonds. The van der Waals surface area contributed by atoms with E-state index < -0.39 is 34.4 Å². The number of hydrogen-bond acceptors (Lipinski definition) is 5. The largest absolute Gasteiger partial charge is 0.354 e. The number of carbonyl (C=O) groups is 3. The maximum absolute atomic E-state index is 13.4. The van der Waals surface area contributed by atoms with Crippen LogP contribution in [0.2, 0.25) is 0 Å². The molecule has 176 valence electrons. The first kappa shape index (κ1) is 24.4. The van der Waals surface area contributed by atoms with Crippen molar-refractivity contribution < 1.29 is 22.8 Å². The smallest absolute Gasteiger partial charge is 0.269 e. The number of nitrogens with zero attached hydrogens (tertiary/aromatic N) is 2.